The molecule has 1 aromatic heterocycles. The van der Waals surface area contributed by atoms with E-state index in [-0.39, 0.29) is 6.10 Å². The fraction of sp³-hybridized carbons (Fsp3) is 0.727. The van der Waals surface area contributed by atoms with E-state index in [1.165, 1.54) is 0 Å². The van der Waals surface area contributed by atoms with Gasteiger partial charge in [-0.15, -0.1) is 0 Å². The molecule has 2 unspecified atom stereocenters. The molecule has 0 radical (unpaired) electrons. The third-order valence-corrected chi connectivity index (χ3v) is 3.44. The maximum Gasteiger partial charge on any atom is 0.130 e. The molecule has 0 bridgehead atoms. The largest absolute Gasteiger partial charge is 0.381 e. The molecule has 1 aromatic rings. The molecule has 0 aliphatic carbocycles. The summed E-state index contributed by atoms with van der Waals surface area (Å²) in [5.41, 5.74) is -0.289. The summed E-state index contributed by atoms with van der Waals surface area (Å²) >= 11 is 3.42. The topological polar surface area (TPSA) is 47.3 Å². The number of ether oxygens (including phenoxy) is 1. The lowest BCUT2D eigenvalue weighted by Gasteiger charge is -2.30. The molecule has 1 N–H and O–H groups in total. The molecule has 0 saturated heterocycles. The summed E-state index contributed by atoms with van der Waals surface area (Å²) in [5.74, 6) is 0. The van der Waals surface area contributed by atoms with E-state index < -0.39 is 5.60 Å². The van der Waals surface area contributed by atoms with Crippen molar-refractivity contribution >= 4 is 15.9 Å². The van der Waals surface area contributed by atoms with E-state index in [1.54, 1.807) is 20.2 Å². The Balaban J connectivity index is 3.14. The van der Waals surface area contributed by atoms with Crippen LogP contribution < -0.4 is 0 Å². The van der Waals surface area contributed by atoms with Gasteiger partial charge in [0.25, 0.3) is 0 Å². The molecule has 0 aliphatic heterocycles. The highest BCUT2D eigenvalue weighted by molar-refractivity contribution is 9.10. The summed E-state index contributed by atoms with van der Waals surface area (Å²) < 4.78 is 7.85. The number of aryl methyl sites for hydroxylation is 1. The molecule has 0 spiro atoms. The minimum Gasteiger partial charge on any atom is -0.381 e. The minimum absolute atomic E-state index is 0.295. The predicted molar refractivity (Wildman–Crippen MR) is 66.3 cm³/mol. The first-order valence-electron chi connectivity index (χ1n) is 5.42. The van der Waals surface area contributed by atoms with Crippen molar-refractivity contribution in [2.45, 2.75) is 45.4 Å². The normalized spacial score (nSPS) is 17.1. The number of methoxy groups -OCH3 is 1. The van der Waals surface area contributed by atoms with Crippen molar-refractivity contribution in [3.8, 4) is 0 Å². The van der Waals surface area contributed by atoms with Crippen LogP contribution in [0.5, 0.6) is 0 Å². The lowest BCUT2D eigenvalue weighted by atomic mass is 9.96. The van der Waals surface area contributed by atoms with E-state index in [4.69, 9.17) is 4.74 Å². The number of halogens is 1. The Morgan fingerprint density at radius 3 is 2.81 bits per heavy atom. The van der Waals surface area contributed by atoms with Gasteiger partial charge in [0.2, 0.25) is 0 Å². The van der Waals surface area contributed by atoms with Crippen LogP contribution in [-0.2, 0) is 16.9 Å². The highest BCUT2D eigenvalue weighted by Crippen LogP contribution is 2.32. The monoisotopic (exact) mass is 290 g/mol. The second kappa shape index (κ2) is 5.29. The van der Waals surface area contributed by atoms with Gasteiger partial charge in [-0.3, -0.25) is 4.68 Å². The zero-order valence-electron chi connectivity index (χ0n) is 10.2. The molecular formula is C11H19BrN2O2. The molecule has 1 rings (SSSR count). The van der Waals surface area contributed by atoms with Gasteiger partial charge < -0.3 is 9.84 Å². The van der Waals surface area contributed by atoms with E-state index in [1.807, 2.05) is 11.6 Å². The van der Waals surface area contributed by atoms with Crippen LogP contribution in [0.15, 0.2) is 10.7 Å². The molecule has 0 aromatic carbocycles. The van der Waals surface area contributed by atoms with Crippen LogP contribution >= 0.6 is 15.9 Å². The van der Waals surface area contributed by atoms with Gasteiger partial charge in [0, 0.05) is 13.7 Å². The van der Waals surface area contributed by atoms with E-state index in [9.17, 15) is 5.11 Å². The standard InChI is InChI=1S/C11H19BrN2O2/c1-5-6-14-10(9(12)7-13-14)11(3,15)8(2)16-4/h7-8,15H,5-6H2,1-4H3. The first-order valence-corrected chi connectivity index (χ1v) is 6.21. The van der Waals surface area contributed by atoms with Gasteiger partial charge in [-0.2, -0.15) is 5.10 Å². The molecule has 4 nitrogen and oxygen atoms in total. The first-order chi connectivity index (χ1) is 7.45. The molecule has 0 fully saturated rings. The Kier molecular flexibility index (Phi) is 4.52. The highest BCUT2D eigenvalue weighted by Gasteiger charge is 2.36. The summed E-state index contributed by atoms with van der Waals surface area (Å²) in [7, 11) is 1.59. The number of nitrogens with zero attached hydrogens (tertiary/aromatic N) is 2. The first kappa shape index (κ1) is 13.7. The van der Waals surface area contributed by atoms with Crippen LogP contribution in [-0.4, -0.2) is 28.1 Å². The lowest BCUT2D eigenvalue weighted by Crippen LogP contribution is -2.38. The van der Waals surface area contributed by atoms with E-state index in [2.05, 4.69) is 28.0 Å². The number of aliphatic hydroxyl groups is 1. The second-order valence-electron chi connectivity index (χ2n) is 4.09. The van der Waals surface area contributed by atoms with Crippen molar-refractivity contribution in [2.24, 2.45) is 0 Å². The van der Waals surface area contributed by atoms with Crippen molar-refractivity contribution < 1.29 is 9.84 Å². The summed E-state index contributed by atoms with van der Waals surface area (Å²) in [6, 6.07) is 0. The van der Waals surface area contributed by atoms with E-state index in [0.29, 0.717) is 0 Å². The van der Waals surface area contributed by atoms with Crippen LogP contribution in [0.1, 0.15) is 32.9 Å². The fourth-order valence-electron chi connectivity index (χ4n) is 1.67. The smallest absolute Gasteiger partial charge is 0.130 e. The number of aromatic nitrogens is 2. The average Bonchev–Trinajstić information content (AvgIpc) is 2.59. The molecule has 0 amide bonds. The summed E-state index contributed by atoms with van der Waals surface area (Å²) in [5, 5.41) is 14.8. The molecule has 92 valence electrons. The SMILES string of the molecule is CCCn1ncc(Br)c1C(C)(O)C(C)OC. The Labute approximate surface area is 105 Å². The van der Waals surface area contributed by atoms with Crippen molar-refractivity contribution in [1.82, 2.24) is 9.78 Å². The summed E-state index contributed by atoms with van der Waals surface area (Å²) in [4.78, 5) is 0. The Hall–Kier alpha value is -0.390. The third kappa shape index (κ3) is 2.47. The van der Waals surface area contributed by atoms with Crippen molar-refractivity contribution in [3.63, 3.8) is 0 Å². The maximum atomic E-state index is 10.5. The van der Waals surface area contributed by atoms with Gasteiger partial charge >= 0.3 is 0 Å². The Morgan fingerprint density at radius 2 is 2.31 bits per heavy atom. The molecule has 5 heteroatoms. The predicted octanol–water partition coefficient (Wildman–Crippen LogP) is 2.30. The lowest BCUT2D eigenvalue weighted by molar-refractivity contribution is -0.0827. The fourth-order valence-corrected chi connectivity index (χ4v) is 2.37. The van der Waals surface area contributed by atoms with Gasteiger partial charge in [-0.1, -0.05) is 6.92 Å². The van der Waals surface area contributed by atoms with Gasteiger partial charge in [-0.25, -0.2) is 0 Å². The number of rotatable bonds is 5. The van der Waals surface area contributed by atoms with Gasteiger partial charge in [0.05, 0.1) is 22.5 Å². The van der Waals surface area contributed by atoms with Crippen LogP contribution in [0.4, 0.5) is 0 Å². The second-order valence-corrected chi connectivity index (χ2v) is 4.94. The third-order valence-electron chi connectivity index (χ3n) is 2.85. The van der Waals surface area contributed by atoms with Crippen molar-refractivity contribution in [2.75, 3.05) is 7.11 Å². The van der Waals surface area contributed by atoms with Crippen molar-refractivity contribution in [3.05, 3.63) is 16.4 Å². The van der Waals surface area contributed by atoms with Crippen LogP contribution in [0.25, 0.3) is 0 Å². The van der Waals surface area contributed by atoms with Crippen LogP contribution in [0, 0.1) is 0 Å². The summed E-state index contributed by atoms with van der Waals surface area (Å²) in [6.07, 6.45) is 2.39. The quantitative estimate of drug-likeness (QED) is 0.905. The zero-order chi connectivity index (χ0) is 12.3. The van der Waals surface area contributed by atoms with Crippen molar-refractivity contribution in [1.29, 1.82) is 0 Å². The van der Waals surface area contributed by atoms with Gasteiger partial charge in [-0.05, 0) is 36.2 Å². The molecule has 1 heterocycles. The zero-order valence-corrected chi connectivity index (χ0v) is 11.8. The van der Waals surface area contributed by atoms with Gasteiger partial charge in [0.1, 0.15) is 5.60 Å². The van der Waals surface area contributed by atoms with E-state index in [0.717, 1.165) is 23.1 Å². The van der Waals surface area contributed by atoms with Crippen LogP contribution in [0.3, 0.4) is 0 Å². The molecule has 2 atom stereocenters. The Bertz CT molecular complexity index is 350. The van der Waals surface area contributed by atoms with Crippen LogP contribution in [0.2, 0.25) is 0 Å². The number of hydrogen-bond acceptors (Lipinski definition) is 3. The molecule has 0 saturated carbocycles. The van der Waals surface area contributed by atoms with E-state index >= 15 is 0 Å². The van der Waals surface area contributed by atoms with Gasteiger partial charge in [0.15, 0.2) is 0 Å². The molecular weight excluding hydrogens is 272 g/mol. The summed E-state index contributed by atoms with van der Waals surface area (Å²) in [6.45, 7) is 6.45. The molecule has 16 heavy (non-hydrogen) atoms. The minimum atomic E-state index is -1.06. The number of hydrogen-bond donors (Lipinski definition) is 1. The Morgan fingerprint density at radius 1 is 1.69 bits per heavy atom. The average molecular weight is 291 g/mol. The maximum absolute atomic E-state index is 10.5. The highest BCUT2D eigenvalue weighted by atomic mass is 79.9. The molecule has 0 aliphatic rings.